The van der Waals surface area contributed by atoms with Crippen molar-refractivity contribution in [1.82, 2.24) is 19.9 Å². The first-order valence-corrected chi connectivity index (χ1v) is 8.51. The smallest absolute Gasteiger partial charge is 0.220 e. The van der Waals surface area contributed by atoms with Gasteiger partial charge in [-0.1, -0.05) is 11.6 Å². The summed E-state index contributed by atoms with van der Waals surface area (Å²) >= 11 is 5.87. The first-order valence-electron chi connectivity index (χ1n) is 8.14. The summed E-state index contributed by atoms with van der Waals surface area (Å²) < 4.78 is 7.67. The molecule has 0 radical (unpaired) electrons. The second-order valence-electron chi connectivity index (χ2n) is 5.63. The third-order valence-corrected chi connectivity index (χ3v) is 3.97. The fourth-order valence-electron chi connectivity index (χ4n) is 2.39. The van der Waals surface area contributed by atoms with Crippen molar-refractivity contribution in [3.05, 3.63) is 60.1 Å². The third kappa shape index (κ3) is 5.19. The Balaban J connectivity index is 1.39. The molecule has 3 aromatic rings. The van der Waals surface area contributed by atoms with Gasteiger partial charge in [0.25, 0.3) is 0 Å². The van der Waals surface area contributed by atoms with E-state index < -0.39 is 0 Å². The Morgan fingerprint density at radius 1 is 1.28 bits per heavy atom. The summed E-state index contributed by atoms with van der Waals surface area (Å²) in [6, 6.07) is 7.35. The standard InChI is InChI=1S/C18H19ClN4O2/c19-15-4-2-14(3-5-15)16-12-22-18(25-16)7-6-17(24)21-8-1-10-23-11-9-20-13-23/h2-5,9,11-13H,1,6-8,10H2,(H,21,24). The number of hydrogen-bond donors (Lipinski definition) is 1. The molecule has 1 amide bonds. The molecule has 0 fully saturated rings. The molecule has 2 heterocycles. The first kappa shape index (κ1) is 17.2. The van der Waals surface area contributed by atoms with Gasteiger partial charge in [-0.15, -0.1) is 0 Å². The molecule has 0 spiro atoms. The lowest BCUT2D eigenvalue weighted by Crippen LogP contribution is -2.25. The highest BCUT2D eigenvalue weighted by atomic mass is 35.5. The van der Waals surface area contributed by atoms with Crippen LogP contribution in [0.4, 0.5) is 0 Å². The number of halogens is 1. The van der Waals surface area contributed by atoms with E-state index in [0.717, 1.165) is 18.5 Å². The Morgan fingerprint density at radius 2 is 2.12 bits per heavy atom. The molecule has 0 aliphatic heterocycles. The molecule has 0 atom stereocenters. The predicted octanol–water partition coefficient (Wildman–Crippen LogP) is 3.33. The molecule has 7 heteroatoms. The lowest BCUT2D eigenvalue weighted by atomic mass is 10.2. The zero-order valence-corrected chi connectivity index (χ0v) is 14.4. The molecule has 0 unspecified atom stereocenters. The maximum atomic E-state index is 11.9. The zero-order chi connectivity index (χ0) is 17.5. The van der Waals surface area contributed by atoms with Crippen molar-refractivity contribution < 1.29 is 9.21 Å². The van der Waals surface area contributed by atoms with Crippen LogP contribution >= 0.6 is 11.6 Å². The predicted molar refractivity (Wildman–Crippen MR) is 95.1 cm³/mol. The highest BCUT2D eigenvalue weighted by molar-refractivity contribution is 6.30. The Kier molecular flexibility index (Phi) is 5.85. The minimum Gasteiger partial charge on any atom is -0.441 e. The number of amides is 1. The summed E-state index contributed by atoms with van der Waals surface area (Å²) in [6.45, 7) is 1.48. The number of carbonyl (C=O) groups excluding carboxylic acids is 1. The maximum absolute atomic E-state index is 11.9. The lowest BCUT2D eigenvalue weighted by molar-refractivity contribution is -0.121. The summed E-state index contributed by atoms with van der Waals surface area (Å²) in [5, 5.41) is 3.58. The second-order valence-corrected chi connectivity index (χ2v) is 6.07. The van der Waals surface area contributed by atoms with Gasteiger partial charge in [0, 0.05) is 48.9 Å². The number of nitrogens with one attached hydrogen (secondary N) is 1. The maximum Gasteiger partial charge on any atom is 0.220 e. The summed E-state index contributed by atoms with van der Waals surface area (Å²) in [5.74, 6) is 1.22. The Hall–Kier alpha value is -2.60. The number of oxazole rings is 1. The monoisotopic (exact) mass is 358 g/mol. The van der Waals surface area contributed by atoms with Gasteiger partial charge in [-0.05, 0) is 30.7 Å². The third-order valence-electron chi connectivity index (χ3n) is 3.72. The van der Waals surface area contributed by atoms with Gasteiger partial charge in [0.15, 0.2) is 11.7 Å². The van der Waals surface area contributed by atoms with Crippen LogP contribution in [0.15, 0.2) is 53.6 Å². The molecule has 6 nitrogen and oxygen atoms in total. The van der Waals surface area contributed by atoms with E-state index in [9.17, 15) is 4.79 Å². The van der Waals surface area contributed by atoms with E-state index in [1.54, 1.807) is 30.9 Å². The Morgan fingerprint density at radius 3 is 2.88 bits per heavy atom. The van der Waals surface area contributed by atoms with Gasteiger partial charge < -0.3 is 14.3 Å². The van der Waals surface area contributed by atoms with Crippen LogP contribution < -0.4 is 5.32 Å². The SMILES string of the molecule is O=C(CCc1ncc(-c2ccc(Cl)cc2)o1)NCCCn1ccnc1. The summed E-state index contributed by atoms with van der Waals surface area (Å²) in [4.78, 5) is 20.1. The van der Waals surface area contributed by atoms with Crippen LogP contribution in [0.2, 0.25) is 5.02 Å². The quantitative estimate of drug-likeness (QED) is 0.627. The number of aromatic nitrogens is 3. The number of benzene rings is 1. The van der Waals surface area contributed by atoms with Crippen molar-refractivity contribution in [1.29, 1.82) is 0 Å². The molecule has 0 saturated heterocycles. The summed E-state index contributed by atoms with van der Waals surface area (Å²) in [6.07, 6.45) is 8.77. The van der Waals surface area contributed by atoms with Gasteiger partial charge in [0.05, 0.1) is 12.5 Å². The topological polar surface area (TPSA) is 73.0 Å². The van der Waals surface area contributed by atoms with Gasteiger partial charge in [-0.3, -0.25) is 4.79 Å². The molecule has 0 aliphatic carbocycles. The highest BCUT2D eigenvalue weighted by Crippen LogP contribution is 2.22. The minimum absolute atomic E-state index is 0.00289. The van der Waals surface area contributed by atoms with Crippen molar-refractivity contribution in [2.24, 2.45) is 0 Å². The van der Waals surface area contributed by atoms with Crippen LogP contribution in [0.3, 0.4) is 0 Å². The molecule has 0 aliphatic rings. The number of rotatable bonds is 8. The van der Waals surface area contributed by atoms with Crippen LogP contribution in [0.25, 0.3) is 11.3 Å². The van der Waals surface area contributed by atoms with E-state index in [1.807, 2.05) is 22.9 Å². The normalized spacial score (nSPS) is 10.8. The van der Waals surface area contributed by atoms with Crippen LogP contribution in [0.5, 0.6) is 0 Å². The van der Waals surface area contributed by atoms with Crippen LogP contribution in [0, 0.1) is 0 Å². The number of imidazole rings is 1. The molecule has 1 N–H and O–H groups in total. The molecule has 2 aromatic heterocycles. The van der Waals surface area contributed by atoms with Gasteiger partial charge in [0.1, 0.15) is 0 Å². The fourth-order valence-corrected chi connectivity index (χ4v) is 2.52. The molecular weight excluding hydrogens is 340 g/mol. The molecule has 3 rings (SSSR count). The number of carbonyl (C=O) groups is 1. The molecule has 1 aromatic carbocycles. The van der Waals surface area contributed by atoms with Crippen molar-refractivity contribution >= 4 is 17.5 Å². The highest BCUT2D eigenvalue weighted by Gasteiger charge is 2.09. The minimum atomic E-state index is -0.00289. The van der Waals surface area contributed by atoms with E-state index in [2.05, 4.69) is 15.3 Å². The zero-order valence-electron chi connectivity index (χ0n) is 13.7. The van der Waals surface area contributed by atoms with Gasteiger partial charge in [-0.2, -0.15) is 0 Å². The van der Waals surface area contributed by atoms with E-state index >= 15 is 0 Å². The number of hydrogen-bond acceptors (Lipinski definition) is 4. The Labute approximate surface area is 150 Å². The molecular formula is C18H19ClN4O2. The van der Waals surface area contributed by atoms with Gasteiger partial charge in [-0.25, -0.2) is 9.97 Å². The second kappa shape index (κ2) is 8.48. The number of aryl methyl sites for hydroxylation is 2. The van der Waals surface area contributed by atoms with Gasteiger partial charge in [0.2, 0.25) is 5.91 Å². The van der Waals surface area contributed by atoms with Gasteiger partial charge >= 0.3 is 0 Å². The fraction of sp³-hybridized carbons (Fsp3) is 0.278. The van der Waals surface area contributed by atoms with Crippen molar-refractivity contribution in [2.75, 3.05) is 6.54 Å². The van der Waals surface area contributed by atoms with Crippen LogP contribution in [-0.2, 0) is 17.8 Å². The number of nitrogens with zero attached hydrogens (tertiary/aromatic N) is 3. The van der Waals surface area contributed by atoms with Crippen LogP contribution in [-0.4, -0.2) is 27.0 Å². The summed E-state index contributed by atoms with van der Waals surface area (Å²) in [5.41, 5.74) is 0.909. The van der Waals surface area contributed by atoms with E-state index in [4.69, 9.17) is 16.0 Å². The lowest BCUT2D eigenvalue weighted by Gasteiger charge is -2.05. The average Bonchev–Trinajstić information content (AvgIpc) is 3.29. The van der Waals surface area contributed by atoms with Crippen molar-refractivity contribution in [2.45, 2.75) is 25.8 Å². The molecule has 0 saturated carbocycles. The largest absolute Gasteiger partial charge is 0.441 e. The van der Waals surface area contributed by atoms with Crippen molar-refractivity contribution in [3.63, 3.8) is 0 Å². The first-order chi connectivity index (χ1) is 12.2. The Bertz CT molecular complexity index is 797. The molecule has 0 bridgehead atoms. The average molecular weight is 359 g/mol. The van der Waals surface area contributed by atoms with E-state index in [1.165, 1.54) is 0 Å². The van der Waals surface area contributed by atoms with E-state index in [0.29, 0.717) is 36.1 Å². The molecule has 25 heavy (non-hydrogen) atoms. The van der Waals surface area contributed by atoms with E-state index in [-0.39, 0.29) is 5.91 Å². The summed E-state index contributed by atoms with van der Waals surface area (Å²) in [7, 11) is 0. The van der Waals surface area contributed by atoms with Crippen molar-refractivity contribution in [3.8, 4) is 11.3 Å². The van der Waals surface area contributed by atoms with Crippen LogP contribution in [0.1, 0.15) is 18.7 Å². The molecule has 130 valence electrons.